The molecule has 1 unspecified atom stereocenters. The first-order chi connectivity index (χ1) is 9.38. The van der Waals surface area contributed by atoms with E-state index in [2.05, 4.69) is 23.5 Å². The summed E-state index contributed by atoms with van der Waals surface area (Å²) < 4.78 is 5.97. The SMILES string of the molecule is ClCC1CNc2cccc(OCc3ccccc3)c21. The van der Waals surface area contributed by atoms with E-state index in [1.54, 1.807) is 0 Å². The second-order valence-corrected chi connectivity index (χ2v) is 5.03. The van der Waals surface area contributed by atoms with E-state index in [1.807, 2.05) is 30.3 Å². The molecule has 98 valence electrons. The maximum atomic E-state index is 6.03. The Morgan fingerprint density at radius 1 is 1.11 bits per heavy atom. The van der Waals surface area contributed by atoms with Gasteiger partial charge in [0.05, 0.1) is 0 Å². The third-order valence-electron chi connectivity index (χ3n) is 3.44. The van der Waals surface area contributed by atoms with Crippen LogP contribution in [0.25, 0.3) is 0 Å². The number of benzene rings is 2. The van der Waals surface area contributed by atoms with E-state index in [9.17, 15) is 0 Å². The molecule has 1 atom stereocenters. The molecule has 3 rings (SSSR count). The molecule has 0 aromatic heterocycles. The Balaban J connectivity index is 1.80. The van der Waals surface area contributed by atoms with Gasteiger partial charge in [-0.1, -0.05) is 36.4 Å². The summed E-state index contributed by atoms with van der Waals surface area (Å²) >= 11 is 6.03. The first kappa shape index (κ1) is 12.4. The minimum absolute atomic E-state index is 0.337. The van der Waals surface area contributed by atoms with Crippen LogP contribution in [0.5, 0.6) is 5.75 Å². The summed E-state index contributed by atoms with van der Waals surface area (Å²) in [7, 11) is 0. The molecule has 1 aliphatic heterocycles. The van der Waals surface area contributed by atoms with Crippen molar-refractivity contribution in [1.29, 1.82) is 0 Å². The Morgan fingerprint density at radius 2 is 1.95 bits per heavy atom. The highest BCUT2D eigenvalue weighted by Crippen LogP contribution is 2.39. The highest BCUT2D eigenvalue weighted by Gasteiger charge is 2.25. The number of anilines is 1. The number of rotatable bonds is 4. The largest absolute Gasteiger partial charge is 0.489 e. The highest BCUT2D eigenvalue weighted by atomic mass is 35.5. The van der Waals surface area contributed by atoms with Crippen LogP contribution in [0.2, 0.25) is 0 Å². The van der Waals surface area contributed by atoms with Crippen molar-refractivity contribution in [2.24, 2.45) is 0 Å². The van der Waals surface area contributed by atoms with Gasteiger partial charge < -0.3 is 10.1 Å². The molecule has 1 heterocycles. The van der Waals surface area contributed by atoms with Crippen molar-refractivity contribution in [3.05, 3.63) is 59.7 Å². The van der Waals surface area contributed by atoms with Crippen molar-refractivity contribution in [1.82, 2.24) is 0 Å². The highest BCUT2D eigenvalue weighted by molar-refractivity contribution is 6.18. The lowest BCUT2D eigenvalue weighted by Gasteiger charge is -2.13. The number of alkyl halides is 1. The van der Waals surface area contributed by atoms with Crippen LogP contribution in [-0.4, -0.2) is 12.4 Å². The maximum absolute atomic E-state index is 6.03. The fourth-order valence-electron chi connectivity index (χ4n) is 2.45. The van der Waals surface area contributed by atoms with Crippen LogP contribution >= 0.6 is 11.6 Å². The molecule has 3 heteroatoms. The minimum atomic E-state index is 0.337. The maximum Gasteiger partial charge on any atom is 0.125 e. The average Bonchev–Trinajstić information content (AvgIpc) is 2.90. The second-order valence-electron chi connectivity index (χ2n) is 4.72. The quantitative estimate of drug-likeness (QED) is 0.850. The van der Waals surface area contributed by atoms with Gasteiger partial charge in [0, 0.05) is 29.6 Å². The van der Waals surface area contributed by atoms with Crippen molar-refractivity contribution in [2.75, 3.05) is 17.7 Å². The Labute approximate surface area is 118 Å². The molecule has 19 heavy (non-hydrogen) atoms. The third kappa shape index (κ3) is 2.54. The lowest BCUT2D eigenvalue weighted by atomic mass is 10.0. The smallest absolute Gasteiger partial charge is 0.125 e. The Hall–Kier alpha value is -1.67. The molecule has 2 aromatic carbocycles. The van der Waals surface area contributed by atoms with E-state index in [-0.39, 0.29) is 0 Å². The zero-order valence-electron chi connectivity index (χ0n) is 10.6. The monoisotopic (exact) mass is 273 g/mol. The molecule has 2 aromatic rings. The summed E-state index contributed by atoms with van der Waals surface area (Å²) in [6.07, 6.45) is 0. The van der Waals surface area contributed by atoms with E-state index in [4.69, 9.17) is 16.3 Å². The van der Waals surface area contributed by atoms with E-state index in [1.165, 1.54) is 11.1 Å². The van der Waals surface area contributed by atoms with Crippen LogP contribution in [0.4, 0.5) is 5.69 Å². The molecule has 0 spiro atoms. The van der Waals surface area contributed by atoms with Crippen molar-refractivity contribution >= 4 is 17.3 Å². The second kappa shape index (κ2) is 5.54. The molecule has 0 radical (unpaired) electrons. The van der Waals surface area contributed by atoms with Crippen LogP contribution in [0.15, 0.2) is 48.5 Å². The zero-order chi connectivity index (χ0) is 13.1. The number of hydrogen-bond acceptors (Lipinski definition) is 2. The van der Waals surface area contributed by atoms with Gasteiger partial charge >= 0.3 is 0 Å². The molecule has 0 saturated carbocycles. The lowest BCUT2D eigenvalue weighted by molar-refractivity contribution is 0.302. The molecule has 0 bridgehead atoms. The summed E-state index contributed by atoms with van der Waals surface area (Å²) in [6, 6.07) is 16.3. The van der Waals surface area contributed by atoms with Gasteiger partial charge in [0.2, 0.25) is 0 Å². The van der Waals surface area contributed by atoms with Crippen molar-refractivity contribution in [3.8, 4) is 5.75 Å². The van der Waals surface area contributed by atoms with Gasteiger partial charge in [-0.3, -0.25) is 0 Å². The fraction of sp³-hybridized carbons (Fsp3) is 0.250. The predicted molar refractivity (Wildman–Crippen MR) is 79.2 cm³/mol. The van der Waals surface area contributed by atoms with Gasteiger partial charge in [-0.15, -0.1) is 11.6 Å². The summed E-state index contributed by atoms with van der Waals surface area (Å²) in [5.41, 5.74) is 3.54. The predicted octanol–water partition coefficient (Wildman–Crippen LogP) is 4.01. The number of ether oxygens (including phenoxy) is 1. The van der Waals surface area contributed by atoms with Crippen LogP contribution in [0.3, 0.4) is 0 Å². The summed E-state index contributed by atoms with van der Waals surface area (Å²) in [5.74, 6) is 1.90. The third-order valence-corrected chi connectivity index (χ3v) is 3.81. The van der Waals surface area contributed by atoms with Crippen molar-refractivity contribution in [3.63, 3.8) is 0 Å². The van der Waals surface area contributed by atoms with Gasteiger partial charge in [-0.25, -0.2) is 0 Å². The van der Waals surface area contributed by atoms with Gasteiger partial charge in [-0.05, 0) is 17.7 Å². The minimum Gasteiger partial charge on any atom is -0.489 e. The number of fused-ring (bicyclic) bond motifs is 1. The number of nitrogens with one attached hydrogen (secondary N) is 1. The van der Waals surface area contributed by atoms with Crippen LogP contribution in [-0.2, 0) is 6.61 Å². The standard InChI is InChI=1S/C16H16ClNO/c17-9-13-10-18-14-7-4-8-15(16(13)14)19-11-12-5-2-1-3-6-12/h1-8,13,18H,9-11H2. The summed E-state index contributed by atoms with van der Waals surface area (Å²) in [5, 5.41) is 3.38. The Bertz CT molecular complexity index is 556. The first-order valence-electron chi connectivity index (χ1n) is 6.48. The van der Waals surface area contributed by atoms with E-state index >= 15 is 0 Å². The molecule has 0 fully saturated rings. The first-order valence-corrected chi connectivity index (χ1v) is 7.01. The summed E-state index contributed by atoms with van der Waals surface area (Å²) in [4.78, 5) is 0. The van der Waals surface area contributed by atoms with Gasteiger partial charge in [0.15, 0.2) is 0 Å². The normalized spacial score (nSPS) is 16.8. The van der Waals surface area contributed by atoms with Crippen LogP contribution in [0.1, 0.15) is 17.0 Å². The average molecular weight is 274 g/mol. The van der Waals surface area contributed by atoms with Crippen LogP contribution in [0, 0.1) is 0 Å². The summed E-state index contributed by atoms with van der Waals surface area (Å²) in [6.45, 7) is 1.48. The van der Waals surface area contributed by atoms with Crippen molar-refractivity contribution < 1.29 is 4.74 Å². The molecule has 1 aliphatic rings. The molecule has 2 nitrogen and oxygen atoms in total. The van der Waals surface area contributed by atoms with E-state index < -0.39 is 0 Å². The molecular weight excluding hydrogens is 258 g/mol. The zero-order valence-corrected chi connectivity index (χ0v) is 11.4. The van der Waals surface area contributed by atoms with Gasteiger partial charge in [0.25, 0.3) is 0 Å². The fourth-order valence-corrected chi connectivity index (χ4v) is 2.71. The molecule has 0 amide bonds. The van der Waals surface area contributed by atoms with Gasteiger partial charge in [-0.2, -0.15) is 0 Å². The molecule has 1 N–H and O–H groups in total. The Kier molecular flexibility index (Phi) is 3.60. The topological polar surface area (TPSA) is 21.3 Å². The number of hydrogen-bond donors (Lipinski definition) is 1. The molecule has 0 aliphatic carbocycles. The van der Waals surface area contributed by atoms with Gasteiger partial charge in [0.1, 0.15) is 12.4 Å². The number of halogens is 1. The van der Waals surface area contributed by atoms with Crippen molar-refractivity contribution in [2.45, 2.75) is 12.5 Å². The molecular formula is C16H16ClNO. The Morgan fingerprint density at radius 3 is 2.74 bits per heavy atom. The molecule has 0 saturated heterocycles. The van der Waals surface area contributed by atoms with E-state index in [0.29, 0.717) is 18.4 Å². The lowest BCUT2D eigenvalue weighted by Crippen LogP contribution is -2.04. The van der Waals surface area contributed by atoms with E-state index in [0.717, 1.165) is 18.0 Å². The van der Waals surface area contributed by atoms with Crippen LogP contribution < -0.4 is 10.1 Å².